The topological polar surface area (TPSA) is 64.3 Å². The van der Waals surface area contributed by atoms with Crippen molar-refractivity contribution >= 4 is 11.5 Å². The molecule has 0 fully saturated rings. The Morgan fingerprint density at radius 1 is 1.25 bits per heavy atom. The van der Waals surface area contributed by atoms with Crippen LogP contribution in [0.2, 0.25) is 0 Å². The van der Waals surface area contributed by atoms with Crippen LogP contribution in [0, 0.1) is 0 Å². The molecule has 0 aliphatic rings. The molecule has 2 rings (SSSR count). The first-order valence-corrected chi connectivity index (χ1v) is 6.60. The summed E-state index contributed by atoms with van der Waals surface area (Å²) >= 11 is 0. The molecule has 5 heteroatoms. The molecule has 0 bridgehead atoms. The van der Waals surface area contributed by atoms with Crippen molar-refractivity contribution in [1.29, 1.82) is 0 Å². The third kappa shape index (κ3) is 3.60. The van der Waals surface area contributed by atoms with Gasteiger partial charge in [-0.05, 0) is 38.1 Å². The van der Waals surface area contributed by atoms with Crippen LogP contribution in [0.15, 0.2) is 36.5 Å². The standard InChI is InChI=1S/C15H20N4O/c1-11(2)20-15-13(16)7-8-14(18-15)19(3)10-12-6-4-5-9-17-12/h4-9,11H,10,16H2,1-3H3. The lowest BCUT2D eigenvalue weighted by Gasteiger charge is -2.19. The predicted octanol–water partition coefficient (Wildman–Crippen LogP) is 2.48. The van der Waals surface area contributed by atoms with Crippen LogP contribution >= 0.6 is 0 Å². The van der Waals surface area contributed by atoms with Crippen LogP contribution < -0.4 is 15.4 Å². The van der Waals surface area contributed by atoms with Gasteiger partial charge >= 0.3 is 0 Å². The number of pyridine rings is 2. The molecule has 0 amide bonds. The first-order valence-electron chi connectivity index (χ1n) is 6.60. The van der Waals surface area contributed by atoms with Crippen molar-refractivity contribution in [3.63, 3.8) is 0 Å². The van der Waals surface area contributed by atoms with E-state index in [1.54, 1.807) is 6.20 Å². The summed E-state index contributed by atoms with van der Waals surface area (Å²) in [6, 6.07) is 9.55. The Morgan fingerprint density at radius 3 is 2.70 bits per heavy atom. The third-order valence-electron chi connectivity index (χ3n) is 2.74. The van der Waals surface area contributed by atoms with E-state index in [0.717, 1.165) is 11.5 Å². The van der Waals surface area contributed by atoms with Gasteiger partial charge < -0.3 is 15.4 Å². The molecule has 0 radical (unpaired) electrons. The van der Waals surface area contributed by atoms with E-state index in [2.05, 4.69) is 9.97 Å². The normalized spacial score (nSPS) is 10.6. The van der Waals surface area contributed by atoms with E-state index >= 15 is 0 Å². The van der Waals surface area contributed by atoms with E-state index in [4.69, 9.17) is 10.5 Å². The zero-order valence-electron chi connectivity index (χ0n) is 12.1. The van der Waals surface area contributed by atoms with Crippen LogP contribution in [0.3, 0.4) is 0 Å². The van der Waals surface area contributed by atoms with E-state index < -0.39 is 0 Å². The van der Waals surface area contributed by atoms with Crippen molar-refractivity contribution in [2.24, 2.45) is 0 Å². The molecule has 0 atom stereocenters. The van der Waals surface area contributed by atoms with Crippen molar-refractivity contribution in [1.82, 2.24) is 9.97 Å². The molecule has 0 spiro atoms. The average molecular weight is 272 g/mol. The van der Waals surface area contributed by atoms with Gasteiger partial charge in [-0.2, -0.15) is 4.98 Å². The second kappa shape index (κ2) is 6.23. The van der Waals surface area contributed by atoms with Gasteiger partial charge in [0.15, 0.2) is 0 Å². The average Bonchev–Trinajstić information content (AvgIpc) is 2.42. The SMILES string of the molecule is CC(C)Oc1nc(N(C)Cc2ccccn2)ccc1N. The minimum Gasteiger partial charge on any atom is -0.473 e. The maximum Gasteiger partial charge on any atom is 0.239 e. The van der Waals surface area contributed by atoms with E-state index in [9.17, 15) is 0 Å². The van der Waals surface area contributed by atoms with Crippen LogP contribution in [0.1, 0.15) is 19.5 Å². The van der Waals surface area contributed by atoms with Gasteiger partial charge in [0.25, 0.3) is 0 Å². The molecule has 20 heavy (non-hydrogen) atoms. The predicted molar refractivity (Wildman–Crippen MR) is 80.8 cm³/mol. The van der Waals surface area contributed by atoms with Crippen molar-refractivity contribution in [3.8, 4) is 5.88 Å². The fourth-order valence-electron chi connectivity index (χ4n) is 1.79. The molecule has 2 N–H and O–H groups in total. The fourth-order valence-corrected chi connectivity index (χ4v) is 1.79. The summed E-state index contributed by atoms with van der Waals surface area (Å²) in [5.74, 6) is 1.28. The highest BCUT2D eigenvalue weighted by atomic mass is 16.5. The molecular formula is C15H20N4O. The summed E-state index contributed by atoms with van der Waals surface area (Å²) in [6.45, 7) is 4.58. The van der Waals surface area contributed by atoms with Gasteiger partial charge in [-0.25, -0.2) is 0 Å². The zero-order valence-corrected chi connectivity index (χ0v) is 12.1. The molecule has 5 nitrogen and oxygen atoms in total. The van der Waals surface area contributed by atoms with Crippen molar-refractivity contribution in [2.45, 2.75) is 26.5 Å². The molecule has 0 saturated heterocycles. The molecular weight excluding hydrogens is 252 g/mol. The monoisotopic (exact) mass is 272 g/mol. The maximum atomic E-state index is 5.87. The summed E-state index contributed by atoms with van der Waals surface area (Å²) in [5, 5.41) is 0. The Bertz CT molecular complexity index is 557. The highest BCUT2D eigenvalue weighted by Gasteiger charge is 2.10. The van der Waals surface area contributed by atoms with Gasteiger partial charge in [0, 0.05) is 13.2 Å². The molecule has 2 aromatic heterocycles. The van der Waals surface area contributed by atoms with Crippen LogP contribution in [0.5, 0.6) is 5.88 Å². The van der Waals surface area contributed by atoms with E-state index in [1.165, 1.54) is 0 Å². The highest BCUT2D eigenvalue weighted by Crippen LogP contribution is 2.24. The van der Waals surface area contributed by atoms with Gasteiger partial charge in [-0.1, -0.05) is 6.07 Å². The number of nitrogens with zero attached hydrogens (tertiary/aromatic N) is 3. The number of nitrogen functional groups attached to an aromatic ring is 1. The molecule has 0 aliphatic heterocycles. The second-order valence-corrected chi connectivity index (χ2v) is 4.91. The largest absolute Gasteiger partial charge is 0.473 e. The lowest BCUT2D eigenvalue weighted by atomic mass is 10.3. The minimum atomic E-state index is 0.0427. The number of aromatic nitrogens is 2. The Hall–Kier alpha value is -2.30. The summed E-state index contributed by atoms with van der Waals surface area (Å²) in [5.41, 5.74) is 7.41. The van der Waals surface area contributed by atoms with Crippen LogP contribution in [-0.4, -0.2) is 23.1 Å². The molecule has 106 valence electrons. The van der Waals surface area contributed by atoms with Crippen LogP contribution in [0.25, 0.3) is 0 Å². The third-order valence-corrected chi connectivity index (χ3v) is 2.74. The van der Waals surface area contributed by atoms with Crippen molar-refractivity contribution in [3.05, 3.63) is 42.2 Å². The number of rotatable bonds is 5. The Morgan fingerprint density at radius 2 is 2.05 bits per heavy atom. The van der Waals surface area contributed by atoms with Gasteiger partial charge in [0.05, 0.1) is 24.0 Å². The van der Waals surface area contributed by atoms with Crippen molar-refractivity contribution in [2.75, 3.05) is 17.7 Å². The number of nitrogens with two attached hydrogens (primary N) is 1. The molecule has 0 aromatic carbocycles. The van der Waals surface area contributed by atoms with Gasteiger partial charge in [-0.15, -0.1) is 0 Å². The molecule has 0 aliphatic carbocycles. The van der Waals surface area contributed by atoms with Gasteiger partial charge in [-0.3, -0.25) is 4.98 Å². The van der Waals surface area contributed by atoms with Crippen LogP contribution in [0.4, 0.5) is 11.5 Å². The number of ether oxygens (including phenoxy) is 1. The number of anilines is 2. The summed E-state index contributed by atoms with van der Waals surface area (Å²) in [6.07, 6.45) is 1.83. The number of hydrogen-bond acceptors (Lipinski definition) is 5. The summed E-state index contributed by atoms with van der Waals surface area (Å²) in [7, 11) is 1.96. The smallest absolute Gasteiger partial charge is 0.239 e. The maximum absolute atomic E-state index is 5.87. The lowest BCUT2D eigenvalue weighted by molar-refractivity contribution is 0.234. The highest BCUT2D eigenvalue weighted by molar-refractivity contribution is 5.54. The lowest BCUT2D eigenvalue weighted by Crippen LogP contribution is -2.19. The molecule has 2 heterocycles. The Kier molecular flexibility index (Phi) is 4.40. The van der Waals surface area contributed by atoms with E-state index in [0.29, 0.717) is 18.1 Å². The first-order chi connectivity index (χ1) is 9.56. The zero-order chi connectivity index (χ0) is 14.5. The van der Waals surface area contributed by atoms with Gasteiger partial charge in [0.2, 0.25) is 5.88 Å². The molecule has 0 unspecified atom stereocenters. The number of hydrogen-bond donors (Lipinski definition) is 1. The Labute approximate surface area is 119 Å². The molecule has 0 saturated carbocycles. The van der Waals surface area contributed by atoms with Crippen LogP contribution in [-0.2, 0) is 6.54 Å². The fraction of sp³-hybridized carbons (Fsp3) is 0.333. The van der Waals surface area contributed by atoms with Gasteiger partial charge in [0.1, 0.15) is 5.82 Å². The molecule has 2 aromatic rings. The van der Waals surface area contributed by atoms with Crippen molar-refractivity contribution < 1.29 is 4.74 Å². The van der Waals surface area contributed by atoms with E-state index in [1.807, 2.05) is 56.1 Å². The quantitative estimate of drug-likeness (QED) is 0.906. The minimum absolute atomic E-state index is 0.0427. The summed E-state index contributed by atoms with van der Waals surface area (Å²) in [4.78, 5) is 10.8. The van der Waals surface area contributed by atoms with E-state index in [-0.39, 0.29) is 6.10 Å². The second-order valence-electron chi connectivity index (χ2n) is 4.91. The Balaban J connectivity index is 2.15. The summed E-state index contributed by atoms with van der Waals surface area (Å²) < 4.78 is 5.61. The first kappa shape index (κ1) is 14.1.